The number of carbonyl (C=O) groups is 1. The highest BCUT2D eigenvalue weighted by Crippen LogP contribution is 2.14. The fourth-order valence-electron chi connectivity index (χ4n) is 2.74. The molecule has 2 rings (SSSR count). The minimum Gasteiger partial charge on any atom is -0.341 e. The lowest BCUT2D eigenvalue weighted by Gasteiger charge is -2.31. The molecule has 1 aliphatic rings. The Balaban J connectivity index is 1.94. The van der Waals surface area contributed by atoms with Crippen LogP contribution in [0.25, 0.3) is 0 Å². The van der Waals surface area contributed by atoms with Crippen LogP contribution in [0, 0.1) is 0 Å². The van der Waals surface area contributed by atoms with Crippen LogP contribution in [-0.2, 0) is 11.2 Å². The van der Waals surface area contributed by atoms with Gasteiger partial charge in [-0.2, -0.15) is 11.8 Å². The zero-order valence-electron chi connectivity index (χ0n) is 13.9. The Labute approximate surface area is 148 Å². The Hall–Kier alpha value is -0.970. The van der Waals surface area contributed by atoms with E-state index in [-0.39, 0.29) is 11.9 Å². The smallest absolute Gasteiger partial charge is 0.227 e. The lowest BCUT2D eigenvalue weighted by molar-refractivity contribution is -0.131. The summed E-state index contributed by atoms with van der Waals surface area (Å²) in [6, 6.07) is 7.79. The summed E-state index contributed by atoms with van der Waals surface area (Å²) < 4.78 is 0. The molecule has 0 bridgehead atoms. The number of hydrogen-bond donors (Lipinski definition) is 0. The number of rotatable bonds is 8. The highest BCUT2D eigenvalue weighted by molar-refractivity contribution is 7.98. The lowest BCUT2D eigenvalue weighted by atomic mass is 10.1. The van der Waals surface area contributed by atoms with Crippen LogP contribution in [0.4, 0.5) is 0 Å². The quantitative estimate of drug-likeness (QED) is 0.670. The van der Waals surface area contributed by atoms with E-state index in [0.29, 0.717) is 11.4 Å². The molecule has 1 aromatic rings. The molecular formula is C18H25ClN2OS. The van der Waals surface area contributed by atoms with E-state index in [9.17, 15) is 4.79 Å². The number of carbonyl (C=O) groups excluding carboxylic acids is 1. The van der Waals surface area contributed by atoms with Crippen molar-refractivity contribution in [3.63, 3.8) is 0 Å². The Morgan fingerprint density at radius 1 is 1.30 bits per heavy atom. The van der Waals surface area contributed by atoms with Crippen molar-refractivity contribution in [2.45, 2.75) is 18.9 Å². The zero-order valence-corrected chi connectivity index (χ0v) is 15.4. The van der Waals surface area contributed by atoms with Crippen molar-refractivity contribution in [2.24, 2.45) is 0 Å². The third-order valence-electron chi connectivity index (χ3n) is 4.23. The van der Waals surface area contributed by atoms with E-state index < -0.39 is 0 Å². The SMILES string of the molecule is CSCC[C@@H](CN1CC=CC1)N(C)C(=O)Cc1ccc(Cl)cc1. The van der Waals surface area contributed by atoms with E-state index in [4.69, 9.17) is 11.6 Å². The Morgan fingerprint density at radius 3 is 2.57 bits per heavy atom. The largest absolute Gasteiger partial charge is 0.341 e. The van der Waals surface area contributed by atoms with Gasteiger partial charge in [0.05, 0.1) is 6.42 Å². The first-order valence-electron chi connectivity index (χ1n) is 7.96. The fourth-order valence-corrected chi connectivity index (χ4v) is 3.37. The molecule has 0 N–H and O–H groups in total. The van der Waals surface area contributed by atoms with Crippen molar-refractivity contribution in [1.82, 2.24) is 9.80 Å². The number of likely N-dealkylation sites (N-methyl/N-ethyl adjacent to an activating group) is 1. The van der Waals surface area contributed by atoms with Crippen LogP contribution in [-0.4, -0.2) is 60.4 Å². The van der Waals surface area contributed by atoms with E-state index in [1.54, 1.807) is 0 Å². The maximum absolute atomic E-state index is 12.6. The summed E-state index contributed by atoms with van der Waals surface area (Å²) >= 11 is 7.74. The number of hydrogen-bond acceptors (Lipinski definition) is 3. The molecule has 0 saturated heterocycles. The van der Waals surface area contributed by atoms with Crippen LogP contribution >= 0.6 is 23.4 Å². The molecule has 0 aromatic heterocycles. The van der Waals surface area contributed by atoms with Crippen molar-refractivity contribution in [2.75, 3.05) is 38.7 Å². The molecule has 0 spiro atoms. The van der Waals surface area contributed by atoms with Gasteiger partial charge < -0.3 is 4.90 Å². The summed E-state index contributed by atoms with van der Waals surface area (Å²) in [4.78, 5) is 16.9. The molecule has 0 aliphatic carbocycles. The average Bonchev–Trinajstić information content (AvgIpc) is 3.06. The Kier molecular flexibility index (Phi) is 7.47. The number of thioether (sulfide) groups is 1. The van der Waals surface area contributed by atoms with Crippen molar-refractivity contribution < 1.29 is 4.79 Å². The second-order valence-electron chi connectivity index (χ2n) is 5.93. The summed E-state index contributed by atoms with van der Waals surface area (Å²) in [5, 5.41) is 0.703. The molecule has 0 saturated carbocycles. The van der Waals surface area contributed by atoms with Gasteiger partial charge in [-0.25, -0.2) is 0 Å². The Morgan fingerprint density at radius 2 is 1.96 bits per heavy atom. The summed E-state index contributed by atoms with van der Waals surface area (Å²) in [7, 11) is 1.94. The van der Waals surface area contributed by atoms with Gasteiger partial charge >= 0.3 is 0 Å². The van der Waals surface area contributed by atoms with Gasteiger partial charge in [-0.05, 0) is 36.1 Å². The summed E-state index contributed by atoms with van der Waals surface area (Å²) in [6.07, 6.45) is 7.97. The standard InChI is InChI=1S/C18H25ClN2OS/c1-20(18(22)13-15-5-7-16(19)8-6-15)17(9-12-23-2)14-21-10-3-4-11-21/h3-8,17H,9-14H2,1-2H3/t17-/m0/s1. The van der Waals surface area contributed by atoms with E-state index in [1.165, 1.54) is 0 Å². The number of benzene rings is 1. The van der Waals surface area contributed by atoms with E-state index in [2.05, 4.69) is 23.3 Å². The van der Waals surface area contributed by atoms with Crippen molar-refractivity contribution in [3.8, 4) is 0 Å². The van der Waals surface area contributed by atoms with Crippen molar-refractivity contribution >= 4 is 29.3 Å². The van der Waals surface area contributed by atoms with E-state index in [1.807, 2.05) is 48.0 Å². The van der Waals surface area contributed by atoms with Gasteiger partial charge in [0.1, 0.15) is 0 Å². The van der Waals surface area contributed by atoms with Crippen LogP contribution in [0.1, 0.15) is 12.0 Å². The molecule has 126 valence electrons. The maximum Gasteiger partial charge on any atom is 0.227 e. The number of amides is 1. The van der Waals surface area contributed by atoms with Crippen molar-refractivity contribution in [3.05, 3.63) is 47.0 Å². The molecule has 1 atom stereocenters. The van der Waals surface area contributed by atoms with Gasteiger partial charge in [0.2, 0.25) is 5.91 Å². The molecule has 1 aliphatic heterocycles. The zero-order chi connectivity index (χ0) is 16.7. The first-order valence-corrected chi connectivity index (χ1v) is 9.73. The van der Waals surface area contributed by atoms with Crippen LogP contribution in [0.3, 0.4) is 0 Å². The third-order valence-corrected chi connectivity index (χ3v) is 5.12. The van der Waals surface area contributed by atoms with Crippen LogP contribution in [0.5, 0.6) is 0 Å². The van der Waals surface area contributed by atoms with E-state index in [0.717, 1.165) is 37.4 Å². The lowest BCUT2D eigenvalue weighted by Crippen LogP contribution is -2.45. The molecule has 3 nitrogen and oxygen atoms in total. The molecular weight excluding hydrogens is 328 g/mol. The van der Waals surface area contributed by atoms with Crippen molar-refractivity contribution in [1.29, 1.82) is 0 Å². The third kappa shape index (κ3) is 5.87. The molecule has 0 radical (unpaired) electrons. The fraction of sp³-hybridized carbons (Fsp3) is 0.500. The predicted molar refractivity (Wildman–Crippen MR) is 100 cm³/mol. The van der Waals surface area contributed by atoms with Gasteiger partial charge in [-0.3, -0.25) is 9.69 Å². The molecule has 0 fully saturated rings. The molecule has 23 heavy (non-hydrogen) atoms. The van der Waals surface area contributed by atoms with Crippen LogP contribution in [0.2, 0.25) is 5.02 Å². The van der Waals surface area contributed by atoms with Gasteiger partial charge in [0.15, 0.2) is 0 Å². The van der Waals surface area contributed by atoms with Crippen LogP contribution < -0.4 is 0 Å². The van der Waals surface area contributed by atoms with Gasteiger partial charge in [-0.15, -0.1) is 0 Å². The molecule has 1 amide bonds. The monoisotopic (exact) mass is 352 g/mol. The number of nitrogens with zero attached hydrogens (tertiary/aromatic N) is 2. The summed E-state index contributed by atoms with van der Waals surface area (Å²) in [5.74, 6) is 1.25. The second-order valence-corrected chi connectivity index (χ2v) is 7.36. The van der Waals surface area contributed by atoms with Crippen LogP contribution in [0.15, 0.2) is 36.4 Å². The molecule has 1 heterocycles. The normalized spacial score (nSPS) is 15.8. The summed E-state index contributed by atoms with van der Waals surface area (Å²) in [6.45, 7) is 2.93. The van der Waals surface area contributed by atoms with Gasteiger partial charge in [-0.1, -0.05) is 35.9 Å². The highest BCUT2D eigenvalue weighted by atomic mass is 35.5. The van der Waals surface area contributed by atoms with Gasteiger partial charge in [0.25, 0.3) is 0 Å². The first-order chi connectivity index (χ1) is 11.1. The summed E-state index contributed by atoms with van der Waals surface area (Å²) in [5.41, 5.74) is 1.01. The van der Waals surface area contributed by atoms with Gasteiger partial charge in [0, 0.05) is 37.7 Å². The Bertz CT molecular complexity index is 524. The first kappa shape index (κ1) is 18.4. The minimum absolute atomic E-state index is 0.172. The predicted octanol–water partition coefficient (Wildman–Crippen LogP) is 3.33. The topological polar surface area (TPSA) is 23.6 Å². The molecule has 0 unspecified atom stereocenters. The molecule has 5 heteroatoms. The maximum atomic E-state index is 12.6. The number of halogens is 1. The second kappa shape index (κ2) is 9.36. The van der Waals surface area contributed by atoms with E-state index >= 15 is 0 Å². The average molecular weight is 353 g/mol. The molecule has 1 aromatic carbocycles. The highest BCUT2D eigenvalue weighted by Gasteiger charge is 2.22. The minimum atomic E-state index is 0.172.